The highest BCUT2D eigenvalue weighted by Crippen LogP contribution is 2.65. The fraction of sp³-hybridized carbons (Fsp3) is 0.0204. The minimum Gasteiger partial charge on any atom is -0.310 e. The van der Waals surface area contributed by atoms with Gasteiger partial charge in [-0.25, -0.2) is 0 Å². The molecule has 240 valence electrons. The monoisotopic (exact) mass is 650 g/mol. The van der Waals surface area contributed by atoms with Gasteiger partial charge in [-0.1, -0.05) is 152 Å². The molecule has 0 N–H and O–H groups in total. The summed E-state index contributed by atoms with van der Waals surface area (Å²) >= 11 is 0. The fourth-order valence-electron chi connectivity index (χ4n) is 8.62. The molecule has 2 heteroatoms. The van der Waals surface area contributed by atoms with E-state index in [0.717, 1.165) is 22.7 Å². The van der Waals surface area contributed by atoms with Gasteiger partial charge in [0.15, 0.2) is 0 Å². The van der Waals surface area contributed by atoms with E-state index in [1.54, 1.807) is 0 Å². The summed E-state index contributed by atoms with van der Waals surface area (Å²) in [5, 5.41) is 0. The number of fused-ring (bicyclic) bond motifs is 5. The van der Waals surface area contributed by atoms with Crippen molar-refractivity contribution in [2.24, 2.45) is 0 Å². The lowest BCUT2D eigenvalue weighted by molar-refractivity contribution is 0.753. The van der Waals surface area contributed by atoms with Gasteiger partial charge in [0.25, 0.3) is 0 Å². The first-order chi connectivity index (χ1) is 25.3. The van der Waals surface area contributed by atoms with Gasteiger partial charge in [-0.05, 0) is 88.0 Å². The van der Waals surface area contributed by atoms with Crippen LogP contribution in [-0.2, 0) is 5.41 Å². The molecular formula is C49H34N2. The molecule has 8 aromatic carbocycles. The van der Waals surface area contributed by atoms with E-state index in [0.29, 0.717) is 0 Å². The molecule has 2 aliphatic rings. The summed E-state index contributed by atoms with van der Waals surface area (Å²) in [4.78, 5) is 4.88. The van der Waals surface area contributed by atoms with E-state index in [1.807, 2.05) is 0 Å². The Bertz CT molecular complexity index is 2530. The summed E-state index contributed by atoms with van der Waals surface area (Å²) in [6, 6.07) is 75.2. The smallest absolute Gasteiger partial charge is 0.0755 e. The Morgan fingerprint density at radius 3 is 1.78 bits per heavy atom. The maximum Gasteiger partial charge on any atom is 0.0755 e. The maximum atomic E-state index is 2.47. The Labute approximate surface area is 299 Å². The summed E-state index contributed by atoms with van der Waals surface area (Å²) < 4.78 is 0. The zero-order valence-electron chi connectivity index (χ0n) is 28.0. The van der Waals surface area contributed by atoms with Crippen LogP contribution in [0.25, 0.3) is 22.3 Å². The van der Waals surface area contributed by atoms with Crippen molar-refractivity contribution in [3.63, 3.8) is 0 Å². The van der Waals surface area contributed by atoms with E-state index in [9.17, 15) is 0 Å². The maximum absolute atomic E-state index is 2.47. The highest BCUT2D eigenvalue weighted by atomic mass is 15.2. The lowest BCUT2D eigenvalue weighted by Gasteiger charge is -2.44. The first-order valence-corrected chi connectivity index (χ1v) is 17.6. The van der Waals surface area contributed by atoms with Gasteiger partial charge in [0, 0.05) is 28.2 Å². The quantitative estimate of drug-likeness (QED) is 0.177. The molecule has 1 unspecified atom stereocenters. The third-order valence-corrected chi connectivity index (χ3v) is 10.6. The molecule has 1 atom stereocenters. The minimum atomic E-state index is -0.526. The second-order valence-corrected chi connectivity index (χ2v) is 13.3. The highest BCUT2D eigenvalue weighted by molar-refractivity contribution is 6.00. The number of nitrogens with zero attached hydrogens (tertiary/aromatic N) is 2. The van der Waals surface area contributed by atoms with Crippen LogP contribution in [0.5, 0.6) is 0 Å². The van der Waals surface area contributed by atoms with Gasteiger partial charge in [0.2, 0.25) is 0 Å². The second-order valence-electron chi connectivity index (χ2n) is 13.3. The number of hydrogen-bond acceptors (Lipinski definition) is 2. The minimum absolute atomic E-state index is 0.526. The van der Waals surface area contributed by atoms with Crippen LogP contribution < -0.4 is 9.80 Å². The zero-order valence-corrected chi connectivity index (χ0v) is 28.0. The molecule has 51 heavy (non-hydrogen) atoms. The molecule has 1 aliphatic heterocycles. The molecule has 0 fully saturated rings. The van der Waals surface area contributed by atoms with Crippen LogP contribution in [0.3, 0.4) is 0 Å². The predicted octanol–water partition coefficient (Wildman–Crippen LogP) is 13.0. The van der Waals surface area contributed by atoms with Crippen molar-refractivity contribution in [2.75, 3.05) is 9.80 Å². The Balaban J connectivity index is 1.28. The van der Waals surface area contributed by atoms with Crippen LogP contribution in [0, 0.1) is 0 Å². The molecule has 10 rings (SSSR count). The van der Waals surface area contributed by atoms with Crippen LogP contribution in [0.15, 0.2) is 206 Å². The first-order valence-electron chi connectivity index (χ1n) is 17.6. The molecule has 1 aliphatic carbocycles. The first kappa shape index (κ1) is 29.3. The van der Waals surface area contributed by atoms with Crippen LogP contribution >= 0.6 is 0 Å². The normalized spacial score (nSPS) is 15.1. The number of benzene rings is 8. The molecule has 0 amide bonds. The molecule has 0 saturated heterocycles. The predicted molar refractivity (Wildman–Crippen MR) is 212 cm³/mol. The number of hydrogen-bond donors (Lipinski definition) is 0. The van der Waals surface area contributed by atoms with E-state index < -0.39 is 5.41 Å². The van der Waals surface area contributed by atoms with Crippen molar-refractivity contribution >= 4 is 34.1 Å². The average Bonchev–Trinajstić information content (AvgIpc) is 3.51. The van der Waals surface area contributed by atoms with Crippen molar-refractivity contribution in [2.45, 2.75) is 5.41 Å². The van der Waals surface area contributed by atoms with Gasteiger partial charge < -0.3 is 9.80 Å². The molecular weight excluding hydrogens is 617 g/mol. The van der Waals surface area contributed by atoms with E-state index in [-0.39, 0.29) is 0 Å². The summed E-state index contributed by atoms with van der Waals surface area (Å²) in [6.07, 6.45) is 0. The van der Waals surface area contributed by atoms with Crippen molar-refractivity contribution in [1.29, 1.82) is 0 Å². The van der Waals surface area contributed by atoms with Gasteiger partial charge >= 0.3 is 0 Å². The van der Waals surface area contributed by atoms with Crippen molar-refractivity contribution < 1.29 is 0 Å². The molecule has 2 nitrogen and oxygen atoms in total. The third kappa shape index (κ3) is 4.36. The second kappa shape index (κ2) is 11.8. The van der Waals surface area contributed by atoms with Gasteiger partial charge in [-0.15, -0.1) is 0 Å². The molecule has 0 radical (unpaired) electrons. The molecule has 0 spiro atoms. The highest BCUT2D eigenvalue weighted by Gasteiger charge is 2.52. The van der Waals surface area contributed by atoms with E-state index in [4.69, 9.17) is 0 Å². The van der Waals surface area contributed by atoms with Gasteiger partial charge in [0.05, 0.1) is 22.5 Å². The van der Waals surface area contributed by atoms with E-state index in [2.05, 4.69) is 216 Å². The van der Waals surface area contributed by atoms with E-state index >= 15 is 0 Å². The fourth-order valence-corrected chi connectivity index (χ4v) is 8.62. The zero-order chi connectivity index (χ0) is 33.8. The topological polar surface area (TPSA) is 6.48 Å². The summed E-state index contributed by atoms with van der Waals surface area (Å²) in [6.45, 7) is 0. The Kier molecular flexibility index (Phi) is 6.75. The summed E-state index contributed by atoms with van der Waals surface area (Å²) in [5.74, 6) is 0. The number of anilines is 6. The van der Waals surface area contributed by atoms with Crippen LogP contribution in [-0.4, -0.2) is 0 Å². The molecule has 8 aromatic rings. The molecule has 0 aromatic heterocycles. The molecule has 0 saturated carbocycles. The summed E-state index contributed by atoms with van der Waals surface area (Å²) in [5.41, 5.74) is 16.5. The molecule has 1 heterocycles. The Hall–Kier alpha value is -6.64. The average molecular weight is 651 g/mol. The standard InChI is InChI=1S/C49H34N2/c1-5-18-35(19-6-1)40-26-13-15-29-45(40)50(37-22-9-3-10-23-37)39-32-33-41-42-27-17-31-47-48(42)49(44(41)34-39,36-20-7-2-8-21-36)43-28-14-16-30-46(43)51(47)38-24-11-4-12-25-38/h1-34H. The van der Waals surface area contributed by atoms with E-state index in [1.165, 1.54) is 55.9 Å². The van der Waals surface area contributed by atoms with Gasteiger partial charge in [-0.2, -0.15) is 0 Å². The number of para-hydroxylation sites is 4. The third-order valence-electron chi connectivity index (χ3n) is 10.6. The Morgan fingerprint density at radius 1 is 0.392 bits per heavy atom. The van der Waals surface area contributed by atoms with Gasteiger partial charge in [0.1, 0.15) is 0 Å². The largest absolute Gasteiger partial charge is 0.310 e. The van der Waals surface area contributed by atoms with Crippen LogP contribution in [0.2, 0.25) is 0 Å². The molecule has 0 bridgehead atoms. The number of rotatable bonds is 6. The van der Waals surface area contributed by atoms with Gasteiger partial charge in [-0.3, -0.25) is 0 Å². The van der Waals surface area contributed by atoms with Crippen molar-refractivity contribution in [1.82, 2.24) is 0 Å². The summed E-state index contributed by atoms with van der Waals surface area (Å²) in [7, 11) is 0. The van der Waals surface area contributed by atoms with Crippen molar-refractivity contribution in [3.05, 3.63) is 229 Å². The van der Waals surface area contributed by atoms with Crippen LogP contribution in [0.1, 0.15) is 22.3 Å². The van der Waals surface area contributed by atoms with Crippen molar-refractivity contribution in [3.8, 4) is 22.3 Å². The SMILES string of the molecule is c1ccc(-c2ccccc2N(c2ccccc2)c2ccc3c(c2)C2(c4ccccc4)c4ccccc4N(c4ccccc4)c4cccc-3c42)cc1. The Morgan fingerprint density at radius 2 is 1.00 bits per heavy atom. The lowest BCUT2D eigenvalue weighted by Crippen LogP contribution is -2.36. The van der Waals surface area contributed by atoms with Crippen LogP contribution in [0.4, 0.5) is 34.1 Å². The lowest BCUT2D eigenvalue weighted by atomic mass is 9.65.